The van der Waals surface area contributed by atoms with Gasteiger partial charge >= 0.3 is 0 Å². The summed E-state index contributed by atoms with van der Waals surface area (Å²) in [5.41, 5.74) is 2.80. The van der Waals surface area contributed by atoms with Crippen LogP contribution in [-0.4, -0.2) is 16.5 Å². The second-order valence-electron chi connectivity index (χ2n) is 5.14. The lowest BCUT2D eigenvalue weighted by atomic mass is 10.1. The molecule has 2 heterocycles. The van der Waals surface area contributed by atoms with Crippen molar-refractivity contribution in [3.05, 3.63) is 48.5 Å². The summed E-state index contributed by atoms with van der Waals surface area (Å²) < 4.78 is 5.97. The molecule has 0 fully saturated rings. The number of nitrogens with zero attached hydrogens (tertiary/aromatic N) is 2. The Morgan fingerprint density at radius 3 is 2.71 bits per heavy atom. The standard InChI is InChI=1S/C17H19N3O/c1-3-8-18-12(2)16-6-7-17(21-16)13-4-5-14-15(11-13)20-10-9-19-14/h4-7,9-12,18H,3,8H2,1-2H3. The Kier molecular flexibility index (Phi) is 3.97. The molecule has 108 valence electrons. The third-order valence-corrected chi connectivity index (χ3v) is 3.51. The fourth-order valence-electron chi connectivity index (χ4n) is 2.32. The average molecular weight is 281 g/mol. The van der Waals surface area contributed by atoms with Gasteiger partial charge in [-0.05, 0) is 50.2 Å². The minimum atomic E-state index is 0.221. The molecule has 0 aliphatic rings. The van der Waals surface area contributed by atoms with Gasteiger partial charge in [0, 0.05) is 18.0 Å². The maximum Gasteiger partial charge on any atom is 0.134 e. The molecule has 0 spiro atoms. The Hall–Kier alpha value is -2.20. The molecule has 1 aromatic carbocycles. The number of benzene rings is 1. The van der Waals surface area contributed by atoms with Crippen molar-refractivity contribution in [3.63, 3.8) is 0 Å². The van der Waals surface area contributed by atoms with Gasteiger partial charge < -0.3 is 9.73 Å². The Balaban J connectivity index is 1.87. The van der Waals surface area contributed by atoms with Gasteiger partial charge in [0.05, 0.1) is 17.1 Å². The van der Waals surface area contributed by atoms with Crippen molar-refractivity contribution in [2.75, 3.05) is 6.54 Å². The summed E-state index contributed by atoms with van der Waals surface area (Å²) >= 11 is 0. The van der Waals surface area contributed by atoms with Crippen LogP contribution in [0.2, 0.25) is 0 Å². The molecule has 2 aromatic heterocycles. The molecule has 0 aliphatic carbocycles. The van der Waals surface area contributed by atoms with E-state index < -0.39 is 0 Å². The van der Waals surface area contributed by atoms with Crippen LogP contribution in [-0.2, 0) is 0 Å². The van der Waals surface area contributed by atoms with E-state index in [1.54, 1.807) is 12.4 Å². The lowest BCUT2D eigenvalue weighted by molar-refractivity contribution is 0.439. The van der Waals surface area contributed by atoms with Crippen LogP contribution in [0.15, 0.2) is 47.1 Å². The minimum absolute atomic E-state index is 0.221. The summed E-state index contributed by atoms with van der Waals surface area (Å²) in [6, 6.07) is 10.3. The second-order valence-corrected chi connectivity index (χ2v) is 5.14. The molecule has 0 aliphatic heterocycles. The smallest absolute Gasteiger partial charge is 0.134 e. The molecule has 4 nitrogen and oxygen atoms in total. The van der Waals surface area contributed by atoms with Crippen LogP contribution in [0, 0.1) is 0 Å². The highest BCUT2D eigenvalue weighted by Gasteiger charge is 2.11. The van der Waals surface area contributed by atoms with E-state index >= 15 is 0 Å². The number of hydrogen-bond acceptors (Lipinski definition) is 4. The minimum Gasteiger partial charge on any atom is -0.459 e. The molecule has 3 rings (SSSR count). The zero-order valence-electron chi connectivity index (χ0n) is 12.3. The van der Waals surface area contributed by atoms with E-state index in [0.717, 1.165) is 41.1 Å². The summed E-state index contributed by atoms with van der Waals surface area (Å²) in [4.78, 5) is 8.61. The van der Waals surface area contributed by atoms with Crippen molar-refractivity contribution >= 4 is 11.0 Å². The average Bonchev–Trinajstić information content (AvgIpc) is 3.02. The molecular weight excluding hydrogens is 262 g/mol. The van der Waals surface area contributed by atoms with Gasteiger partial charge in [0.25, 0.3) is 0 Å². The largest absolute Gasteiger partial charge is 0.459 e. The maximum atomic E-state index is 5.97. The monoisotopic (exact) mass is 281 g/mol. The summed E-state index contributed by atoms with van der Waals surface area (Å²) in [5, 5.41) is 3.43. The lowest BCUT2D eigenvalue weighted by Crippen LogP contribution is -2.18. The highest BCUT2D eigenvalue weighted by molar-refractivity contribution is 5.79. The Morgan fingerprint density at radius 1 is 1.10 bits per heavy atom. The number of aromatic nitrogens is 2. The first kappa shape index (κ1) is 13.8. The number of fused-ring (bicyclic) bond motifs is 1. The van der Waals surface area contributed by atoms with Crippen LogP contribution in [0.25, 0.3) is 22.4 Å². The van der Waals surface area contributed by atoms with Crippen LogP contribution in [0.3, 0.4) is 0 Å². The Bertz CT molecular complexity index is 735. The van der Waals surface area contributed by atoms with Gasteiger partial charge in [0.1, 0.15) is 11.5 Å². The fourth-order valence-corrected chi connectivity index (χ4v) is 2.32. The lowest BCUT2D eigenvalue weighted by Gasteiger charge is -2.09. The van der Waals surface area contributed by atoms with Gasteiger partial charge in [-0.1, -0.05) is 6.92 Å². The number of rotatable bonds is 5. The predicted molar refractivity (Wildman–Crippen MR) is 83.9 cm³/mol. The van der Waals surface area contributed by atoms with Crippen LogP contribution in [0.5, 0.6) is 0 Å². The van der Waals surface area contributed by atoms with E-state index in [4.69, 9.17) is 4.42 Å². The van der Waals surface area contributed by atoms with Crippen molar-refractivity contribution < 1.29 is 4.42 Å². The summed E-state index contributed by atoms with van der Waals surface area (Å²) in [5.74, 6) is 1.82. The van der Waals surface area contributed by atoms with Gasteiger partial charge in [-0.15, -0.1) is 0 Å². The van der Waals surface area contributed by atoms with E-state index in [0.29, 0.717) is 0 Å². The van der Waals surface area contributed by atoms with Crippen molar-refractivity contribution in [1.82, 2.24) is 15.3 Å². The van der Waals surface area contributed by atoms with Gasteiger partial charge in [0.2, 0.25) is 0 Å². The molecule has 21 heavy (non-hydrogen) atoms. The molecular formula is C17H19N3O. The highest BCUT2D eigenvalue weighted by Crippen LogP contribution is 2.27. The van der Waals surface area contributed by atoms with Crippen molar-refractivity contribution in [1.29, 1.82) is 0 Å². The number of hydrogen-bond donors (Lipinski definition) is 1. The van der Waals surface area contributed by atoms with Crippen LogP contribution < -0.4 is 5.32 Å². The summed E-state index contributed by atoms with van der Waals surface area (Å²) in [7, 11) is 0. The number of nitrogens with one attached hydrogen (secondary N) is 1. The molecule has 3 aromatic rings. The third-order valence-electron chi connectivity index (χ3n) is 3.51. The van der Waals surface area contributed by atoms with Crippen molar-refractivity contribution in [2.24, 2.45) is 0 Å². The normalized spacial score (nSPS) is 12.7. The molecule has 0 saturated heterocycles. The molecule has 1 N–H and O–H groups in total. The van der Waals surface area contributed by atoms with Crippen molar-refractivity contribution in [3.8, 4) is 11.3 Å². The topological polar surface area (TPSA) is 51.0 Å². The predicted octanol–water partition coefficient (Wildman–Crippen LogP) is 3.95. The zero-order chi connectivity index (χ0) is 14.7. The highest BCUT2D eigenvalue weighted by atomic mass is 16.3. The molecule has 0 bridgehead atoms. The van der Waals surface area contributed by atoms with E-state index in [1.165, 1.54) is 0 Å². The number of furan rings is 1. The Labute approximate surface area is 124 Å². The maximum absolute atomic E-state index is 5.97. The molecule has 1 atom stereocenters. The molecule has 4 heteroatoms. The first-order valence-corrected chi connectivity index (χ1v) is 7.32. The van der Waals surface area contributed by atoms with Gasteiger partial charge in [-0.3, -0.25) is 9.97 Å². The van der Waals surface area contributed by atoms with Gasteiger partial charge in [-0.2, -0.15) is 0 Å². The van der Waals surface area contributed by atoms with Crippen LogP contribution in [0.1, 0.15) is 32.1 Å². The first-order chi connectivity index (χ1) is 10.3. The van der Waals surface area contributed by atoms with E-state index in [-0.39, 0.29) is 6.04 Å². The quantitative estimate of drug-likeness (QED) is 0.769. The van der Waals surface area contributed by atoms with E-state index in [1.807, 2.05) is 30.3 Å². The fraction of sp³-hybridized carbons (Fsp3) is 0.294. The third kappa shape index (κ3) is 2.95. The second kappa shape index (κ2) is 6.06. The van der Waals surface area contributed by atoms with Gasteiger partial charge in [-0.25, -0.2) is 0 Å². The van der Waals surface area contributed by atoms with E-state index in [2.05, 4.69) is 29.1 Å². The SMILES string of the molecule is CCCNC(C)c1ccc(-c2ccc3nccnc3c2)o1. The van der Waals surface area contributed by atoms with Crippen LogP contribution in [0.4, 0.5) is 0 Å². The molecule has 0 radical (unpaired) electrons. The zero-order valence-corrected chi connectivity index (χ0v) is 12.3. The van der Waals surface area contributed by atoms with Gasteiger partial charge in [0.15, 0.2) is 0 Å². The molecule has 0 amide bonds. The molecule has 0 saturated carbocycles. The van der Waals surface area contributed by atoms with Crippen molar-refractivity contribution in [2.45, 2.75) is 26.3 Å². The van der Waals surface area contributed by atoms with Crippen LogP contribution >= 0.6 is 0 Å². The van der Waals surface area contributed by atoms with E-state index in [9.17, 15) is 0 Å². The molecule has 1 unspecified atom stereocenters. The first-order valence-electron chi connectivity index (χ1n) is 7.32. The Morgan fingerprint density at radius 2 is 1.90 bits per heavy atom. The summed E-state index contributed by atoms with van der Waals surface area (Å²) in [6.07, 6.45) is 4.52. The summed E-state index contributed by atoms with van der Waals surface area (Å²) in [6.45, 7) is 5.26.